The molecule has 2 unspecified atom stereocenters. The summed E-state index contributed by atoms with van der Waals surface area (Å²) in [4.78, 5) is 0. The topological polar surface area (TPSA) is 33.3 Å². The molecule has 1 aromatic carbocycles. The number of hydrogen-bond donors (Lipinski definition) is 2. The first-order valence-electron chi connectivity index (χ1n) is 6.39. The maximum Gasteiger partial charge on any atom is 0.170 e. The molecule has 1 aliphatic rings. The van der Waals surface area contributed by atoms with Crippen LogP contribution in [0.2, 0.25) is 0 Å². The van der Waals surface area contributed by atoms with Crippen molar-refractivity contribution in [1.82, 2.24) is 5.32 Å². The molecule has 2 atom stereocenters. The molecule has 2 rings (SSSR count). The van der Waals surface area contributed by atoms with E-state index >= 15 is 0 Å². The number of anilines is 1. The van der Waals surface area contributed by atoms with Gasteiger partial charge in [-0.2, -0.15) is 0 Å². The fourth-order valence-electron chi connectivity index (χ4n) is 2.37. The fourth-order valence-corrected chi connectivity index (χ4v) is 2.65. The first-order valence-corrected chi connectivity index (χ1v) is 6.80. The lowest BCUT2D eigenvalue weighted by Gasteiger charge is -2.16. The Morgan fingerprint density at radius 2 is 2.00 bits per heavy atom. The largest absolute Gasteiger partial charge is 0.497 e. The molecule has 0 saturated heterocycles. The Bertz CT molecular complexity index is 405. The lowest BCUT2D eigenvalue weighted by Crippen LogP contribution is -2.36. The lowest BCUT2D eigenvalue weighted by atomic mass is 10.1. The highest BCUT2D eigenvalue weighted by molar-refractivity contribution is 7.80. The van der Waals surface area contributed by atoms with Crippen LogP contribution in [-0.4, -0.2) is 18.3 Å². The molecule has 2 N–H and O–H groups in total. The molecule has 1 aliphatic carbocycles. The molecule has 0 aromatic heterocycles. The summed E-state index contributed by atoms with van der Waals surface area (Å²) in [5.41, 5.74) is 0.986. The van der Waals surface area contributed by atoms with Crippen LogP contribution in [0, 0.1) is 5.92 Å². The first kappa shape index (κ1) is 13.1. The Balaban J connectivity index is 1.83. The summed E-state index contributed by atoms with van der Waals surface area (Å²) in [5, 5.41) is 7.28. The van der Waals surface area contributed by atoms with Crippen LogP contribution in [0.4, 0.5) is 5.69 Å². The number of hydrogen-bond acceptors (Lipinski definition) is 2. The van der Waals surface area contributed by atoms with Gasteiger partial charge in [0.05, 0.1) is 7.11 Å². The van der Waals surface area contributed by atoms with Crippen LogP contribution in [0.15, 0.2) is 24.3 Å². The van der Waals surface area contributed by atoms with Gasteiger partial charge in [0, 0.05) is 11.7 Å². The Morgan fingerprint density at radius 1 is 1.28 bits per heavy atom. The second kappa shape index (κ2) is 6.05. The number of thiocarbonyl (C=S) groups is 1. The van der Waals surface area contributed by atoms with E-state index < -0.39 is 0 Å². The van der Waals surface area contributed by atoms with Crippen LogP contribution < -0.4 is 15.4 Å². The van der Waals surface area contributed by atoms with Gasteiger partial charge in [-0.1, -0.05) is 6.92 Å². The van der Waals surface area contributed by atoms with E-state index in [0.29, 0.717) is 11.2 Å². The summed E-state index contributed by atoms with van der Waals surface area (Å²) in [6.07, 6.45) is 3.72. The van der Waals surface area contributed by atoms with Crippen LogP contribution in [-0.2, 0) is 0 Å². The highest BCUT2D eigenvalue weighted by Gasteiger charge is 2.21. The maximum absolute atomic E-state index is 5.32. The fraction of sp³-hybridized carbons (Fsp3) is 0.500. The van der Waals surface area contributed by atoms with Crippen molar-refractivity contribution < 1.29 is 4.74 Å². The third kappa shape index (κ3) is 3.60. The number of rotatable bonds is 3. The molecule has 1 saturated carbocycles. The first-order chi connectivity index (χ1) is 8.67. The zero-order valence-electron chi connectivity index (χ0n) is 10.9. The van der Waals surface area contributed by atoms with Crippen molar-refractivity contribution in [3.05, 3.63) is 24.3 Å². The molecular formula is C14H20N2OS. The monoisotopic (exact) mass is 264 g/mol. The molecule has 1 aromatic rings. The van der Waals surface area contributed by atoms with Crippen molar-refractivity contribution in [2.24, 2.45) is 5.92 Å². The van der Waals surface area contributed by atoms with Gasteiger partial charge < -0.3 is 15.4 Å². The summed E-state index contributed by atoms with van der Waals surface area (Å²) >= 11 is 5.32. The highest BCUT2D eigenvalue weighted by Crippen LogP contribution is 2.24. The van der Waals surface area contributed by atoms with E-state index in [1.54, 1.807) is 7.11 Å². The Labute approximate surface area is 114 Å². The van der Waals surface area contributed by atoms with Gasteiger partial charge in [-0.15, -0.1) is 0 Å². The lowest BCUT2D eigenvalue weighted by molar-refractivity contribution is 0.415. The van der Waals surface area contributed by atoms with Gasteiger partial charge in [-0.05, 0) is 61.7 Å². The number of methoxy groups -OCH3 is 1. The van der Waals surface area contributed by atoms with Crippen molar-refractivity contribution in [2.45, 2.75) is 32.2 Å². The van der Waals surface area contributed by atoms with E-state index in [2.05, 4.69) is 17.6 Å². The van der Waals surface area contributed by atoms with E-state index in [9.17, 15) is 0 Å². The van der Waals surface area contributed by atoms with Gasteiger partial charge in [-0.25, -0.2) is 0 Å². The molecule has 1 fully saturated rings. The maximum atomic E-state index is 5.32. The van der Waals surface area contributed by atoms with Crippen LogP contribution in [0.25, 0.3) is 0 Å². The van der Waals surface area contributed by atoms with Crippen molar-refractivity contribution in [1.29, 1.82) is 0 Å². The van der Waals surface area contributed by atoms with E-state index in [0.717, 1.165) is 17.4 Å². The molecule has 4 heteroatoms. The summed E-state index contributed by atoms with van der Waals surface area (Å²) in [7, 11) is 1.66. The second-order valence-corrected chi connectivity index (χ2v) is 5.35. The van der Waals surface area contributed by atoms with E-state index in [1.165, 1.54) is 19.3 Å². The summed E-state index contributed by atoms with van der Waals surface area (Å²) < 4.78 is 5.12. The van der Waals surface area contributed by atoms with E-state index in [4.69, 9.17) is 17.0 Å². The molecule has 18 heavy (non-hydrogen) atoms. The SMILES string of the molecule is COc1ccc(NC(=S)NC2CCC(C)C2)cc1. The zero-order chi connectivity index (χ0) is 13.0. The van der Waals surface area contributed by atoms with Gasteiger partial charge in [-0.3, -0.25) is 0 Å². The van der Waals surface area contributed by atoms with Gasteiger partial charge in [0.2, 0.25) is 0 Å². The van der Waals surface area contributed by atoms with Crippen molar-refractivity contribution in [3.8, 4) is 5.75 Å². The molecule has 3 nitrogen and oxygen atoms in total. The average molecular weight is 264 g/mol. The second-order valence-electron chi connectivity index (χ2n) is 4.94. The van der Waals surface area contributed by atoms with Crippen molar-refractivity contribution in [2.75, 3.05) is 12.4 Å². The van der Waals surface area contributed by atoms with Gasteiger partial charge in [0.25, 0.3) is 0 Å². The quantitative estimate of drug-likeness (QED) is 0.822. The molecular weight excluding hydrogens is 244 g/mol. The van der Waals surface area contributed by atoms with Crippen LogP contribution in [0.3, 0.4) is 0 Å². The molecule has 0 aliphatic heterocycles. The average Bonchev–Trinajstić information content (AvgIpc) is 2.75. The summed E-state index contributed by atoms with van der Waals surface area (Å²) in [6.45, 7) is 2.29. The van der Waals surface area contributed by atoms with Gasteiger partial charge in [0.15, 0.2) is 5.11 Å². The minimum Gasteiger partial charge on any atom is -0.497 e. The molecule has 0 heterocycles. The standard InChI is InChI=1S/C14H20N2OS/c1-10-3-4-12(9-10)16-14(18)15-11-5-7-13(17-2)8-6-11/h5-8,10,12H,3-4,9H2,1-2H3,(H2,15,16,18). The van der Waals surface area contributed by atoms with Crippen LogP contribution >= 0.6 is 12.2 Å². The van der Waals surface area contributed by atoms with Crippen LogP contribution in [0.5, 0.6) is 5.75 Å². The molecule has 0 bridgehead atoms. The predicted molar refractivity (Wildman–Crippen MR) is 79.2 cm³/mol. The van der Waals surface area contributed by atoms with E-state index in [-0.39, 0.29) is 0 Å². The zero-order valence-corrected chi connectivity index (χ0v) is 11.7. The predicted octanol–water partition coefficient (Wildman–Crippen LogP) is 3.17. The van der Waals surface area contributed by atoms with E-state index in [1.807, 2.05) is 24.3 Å². The van der Waals surface area contributed by atoms with Gasteiger partial charge >= 0.3 is 0 Å². The minimum absolute atomic E-state index is 0.526. The summed E-state index contributed by atoms with van der Waals surface area (Å²) in [5.74, 6) is 1.66. The summed E-state index contributed by atoms with van der Waals surface area (Å²) in [6, 6.07) is 8.29. The number of benzene rings is 1. The molecule has 0 radical (unpaired) electrons. The van der Waals surface area contributed by atoms with Gasteiger partial charge in [0.1, 0.15) is 5.75 Å². The molecule has 0 amide bonds. The normalized spacial score (nSPS) is 22.6. The number of ether oxygens (including phenoxy) is 1. The Hall–Kier alpha value is -1.29. The van der Waals surface area contributed by atoms with Crippen molar-refractivity contribution >= 4 is 23.0 Å². The Morgan fingerprint density at radius 3 is 2.56 bits per heavy atom. The van der Waals surface area contributed by atoms with Crippen molar-refractivity contribution in [3.63, 3.8) is 0 Å². The number of nitrogens with one attached hydrogen (secondary N) is 2. The molecule has 98 valence electrons. The Kier molecular flexibility index (Phi) is 4.42. The van der Waals surface area contributed by atoms with Crippen LogP contribution in [0.1, 0.15) is 26.2 Å². The minimum atomic E-state index is 0.526. The third-order valence-electron chi connectivity index (χ3n) is 3.38. The smallest absolute Gasteiger partial charge is 0.170 e. The molecule has 0 spiro atoms. The third-order valence-corrected chi connectivity index (χ3v) is 3.60. The highest BCUT2D eigenvalue weighted by atomic mass is 32.1.